The van der Waals surface area contributed by atoms with Crippen LogP contribution in [0.1, 0.15) is 38.8 Å². The molecular formula is C14H21N3S. The zero-order chi connectivity index (χ0) is 13.1. The quantitative estimate of drug-likeness (QED) is 0.823. The summed E-state index contributed by atoms with van der Waals surface area (Å²) in [5, 5.41) is 3.52. The summed E-state index contributed by atoms with van der Waals surface area (Å²) in [4.78, 5) is 4.79. The van der Waals surface area contributed by atoms with Gasteiger partial charge in [0, 0.05) is 6.04 Å². The lowest BCUT2D eigenvalue weighted by Gasteiger charge is -2.33. The number of aromatic nitrogens is 1. The smallest absolute Gasteiger partial charge is 0.126 e. The van der Waals surface area contributed by atoms with Gasteiger partial charge in [0.1, 0.15) is 10.8 Å². The molecule has 0 radical (unpaired) electrons. The minimum absolute atomic E-state index is 0.351. The van der Waals surface area contributed by atoms with Gasteiger partial charge in [-0.2, -0.15) is 0 Å². The first-order valence-electron chi connectivity index (χ1n) is 6.59. The molecule has 4 heteroatoms. The van der Waals surface area contributed by atoms with E-state index in [9.17, 15) is 0 Å². The zero-order valence-electron chi connectivity index (χ0n) is 11.0. The third kappa shape index (κ3) is 3.19. The fourth-order valence-corrected chi connectivity index (χ4v) is 2.84. The van der Waals surface area contributed by atoms with Crippen molar-refractivity contribution in [2.75, 3.05) is 5.32 Å². The van der Waals surface area contributed by atoms with E-state index in [1.165, 1.54) is 19.3 Å². The number of thiocarbonyl (C=S) groups is 1. The van der Waals surface area contributed by atoms with E-state index < -0.39 is 0 Å². The van der Waals surface area contributed by atoms with Gasteiger partial charge in [0.05, 0.1) is 5.69 Å². The molecule has 98 valence electrons. The molecule has 1 heterocycles. The second kappa shape index (κ2) is 5.65. The molecule has 3 nitrogen and oxygen atoms in total. The maximum atomic E-state index is 5.60. The number of anilines is 1. The first-order chi connectivity index (χ1) is 8.56. The Hall–Kier alpha value is -1.16. The molecule has 1 aliphatic carbocycles. The van der Waals surface area contributed by atoms with Gasteiger partial charge in [-0.15, -0.1) is 0 Å². The average molecular weight is 263 g/mol. The molecule has 0 spiro atoms. The van der Waals surface area contributed by atoms with Crippen LogP contribution in [-0.4, -0.2) is 16.0 Å². The highest BCUT2D eigenvalue weighted by atomic mass is 32.1. The molecule has 1 aliphatic rings. The highest BCUT2D eigenvalue weighted by Crippen LogP contribution is 2.30. The van der Waals surface area contributed by atoms with E-state index in [-0.39, 0.29) is 0 Å². The minimum atomic E-state index is 0.351. The van der Waals surface area contributed by atoms with Gasteiger partial charge < -0.3 is 11.1 Å². The molecular weight excluding hydrogens is 242 g/mol. The summed E-state index contributed by atoms with van der Waals surface area (Å²) >= 11 is 4.95. The van der Waals surface area contributed by atoms with Crippen LogP contribution in [0.2, 0.25) is 0 Å². The molecule has 1 fully saturated rings. The van der Waals surface area contributed by atoms with E-state index in [2.05, 4.69) is 24.1 Å². The Morgan fingerprint density at radius 3 is 2.83 bits per heavy atom. The third-order valence-electron chi connectivity index (χ3n) is 3.77. The molecule has 3 N–H and O–H groups in total. The molecule has 0 aromatic carbocycles. The maximum Gasteiger partial charge on any atom is 0.126 e. The second-order valence-corrected chi connectivity index (χ2v) is 5.86. The standard InChI is InChI=1S/C14H21N3S/c1-9-6-7-11(10(2)8-9)16-13-5-3-4-12(17-13)14(15)18/h3-5,9-11H,6-8H2,1-2H3,(H2,15,18)(H,16,17). The van der Waals surface area contributed by atoms with Gasteiger partial charge in [-0.05, 0) is 43.2 Å². The SMILES string of the molecule is CC1CCC(Nc2cccc(C(N)=S)n2)C(C)C1. The first-order valence-corrected chi connectivity index (χ1v) is 7.00. The Morgan fingerprint density at radius 1 is 1.39 bits per heavy atom. The van der Waals surface area contributed by atoms with Gasteiger partial charge in [-0.25, -0.2) is 4.98 Å². The van der Waals surface area contributed by atoms with Crippen LogP contribution in [0.15, 0.2) is 18.2 Å². The molecule has 0 aliphatic heterocycles. The summed E-state index contributed by atoms with van der Waals surface area (Å²) in [5.41, 5.74) is 6.29. The second-order valence-electron chi connectivity index (χ2n) is 5.42. The Balaban J connectivity index is 2.05. The van der Waals surface area contributed by atoms with E-state index in [1.807, 2.05) is 18.2 Å². The number of nitrogens with zero attached hydrogens (tertiary/aromatic N) is 1. The van der Waals surface area contributed by atoms with Crippen molar-refractivity contribution in [1.29, 1.82) is 0 Å². The van der Waals surface area contributed by atoms with E-state index in [4.69, 9.17) is 18.0 Å². The number of hydrogen-bond acceptors (Lipinski definition) is 3. The van der Waals surface area contributed by atoms with Crippen LogP contribution in [0.4, 0.5) is 5.82 Å². The lowest BCUT2D eigenvalue weighted by atomic mass is 9.80. The molecule has 1 saturated carbocycles. The van der Waals surface area contributed by atoms with Crippen LogP contribution in [-0.2, 0) is 0 Å². The summed E-state index contributed by atoms with van der Waals surface area (Å²) in [7, 11) is 0. The Bertz CT molecular complexity index is 433. The van der Waals surface area contributed by atoms with Crippen LogP contribution in [0.25, 0.3) is 0 Å². The summed E-state index contributed by atoms with van der Waals surface area (Å²) in [6, 6.07) is 6.28. The summed E-state index contributed by atoms with van der Waals surface area (Å²) in [5.74, 6) is 2.41. The molecule has 3 unspecified atom stereocenters. The number of rotatable bonds is 3. The summed E-state index contributed by atoms with van der Waals surface area (Å²) in [6.45, 7) is 4.64. The van der Waals surface area contributed by atoms with Gasteiger partial charge in [-0.3, -0.25) is 0 Å². The van der Waals surface area contributed by atoms with Crippen LogP contribution in [0, 0.1) is 11.8 Å². The first kappa shape index (κ1) is 13.3. The zero-order valence-corrected chi connectivity index (χ0v) is 11.8. The van der Waals surface area contributed by atoms with Crippen molar-refractivity contribution >= 4 is 23.0 Å². The highest BCUT2D eigenvalue weighted by Gasteiger charge is 2.25. The van der Waals surface area contributed by atoms with Crippen LogP contribution < -0.4 is 11.1 Å². The van der Waals surface area contributed by atoms with Crippen molar-refractivity contribution in [2.45, 2.75) is 39.2 Å². The van der Waals surface area contributed by atoms with Crippen molar-refractivity contribution in [2.24, 2.45) is 17.6 Å². The maximum absolute atomic E-state index is 5.60. The van der Waals surface area contributed by atoms with Crippen molar-refractivity contribution in [3.63, 3.8) is 0 Å². The molecule has 0 bridgehead atoms. The van der Waals surface area contributed by atoms with Crippen molar-refractivity contribution < 1.29 is 0 Å². The predicted octanol–water partition coefficient (Wildman–Crippen LogP) is 2.95. The highest BCUT2D eigenvalue weighted by molar-refractivity contribution is 7.80. The average Bonchev–Trinajstić information content (AvgIpc) is 2.33. The molecule has 2 rings (SSSR count). The van der Waals surface area contributed by atoms with E-state index in [0.29, 0.717) is 22.6 Å². The lowest BCUT2D eigenvalue weighted by molar-refractivity contribution is 0.276. The Morgan fingerprint density at radius 2 is 2.17 bits per heavy atom. The lowest BCUT2D eigenvalue weighted by Crippen LogP contribution is -2.33. The molecule has 3 atom stereocenters. The van der Waals surface area contributed by atoms with Gasteiger partial charge >= 0.3 is 0 Å². The fraction of sp³-hybridized carbons (Fsp3) is 0.571. The normalized spacial score (nSPS) is 27.8. The molecule has 1 aromatic heterocycles. The molecule has 1 aromatic rings. The molecule has 18 heavy (non-hydrogen) atoms. The molecule has 0 amide bonds. The molecule has 0 saturated heterocycles. The summed E-state index contributed by atoms with van der Waals surface area (Å²) < 4.78 is 0. The largest absolute Gasteiger partial charge is 0.388 e. The van der Waals surface area contributed by atoms with Crippen molar-refractivity contribution in [3.05, 3.63) is 23.9 Å². The monoisotopic (exact) mass is 263 g/mol. The summed E-state index contributed by atoms with van der Waals surface area (Å²) in [6.07, 6.45) is 3.78. The van der Waals surface area contributed by atoms with Gasteiger partial charge in [0.2, 0.25) is 0 Å². The van der Waals surface area contributed by atoms with Gasteiger partial charge in [0.15, 0.2) is 0 Å². The Labute approximate surface area is 114 Å². The number of nitrogens with two attached hydrogens (primary N) is 1. The van der Waals surface area contributed by atoms with Gasteiger partial charge in [0.25, 0.3) is 0 Å². The van der Waals surface area contributed by atoms with Crippen molar-refractivity contribution in [1.82, 2.24) is 4.98 Å². The predicted molar refractivity (Wildman–Crippen MR) is 79.7 cm³/mol. The van der Waals surface area contributed by atoms with Crippen LogP contribution in [0.5, 0.6) is 0 Å². The van der Waals surface area contributed by atoms with Gasteiger partial charge in [-0.1, -0.05) is 32.1 Å². The van der Waals surface area contributed by atoms with Crippen LogP contribution >= 0.6 is 12.2 Å². The minimum Gasteiger partial charge on any atom is -0.388 e. The topological polar surface area (TPSA) is 50.9 Å². The number of pyridine rings is 1. The fourth-order valence-electron chi connectivity index (χ4n) is 2.72. The van der Waals surface area contributed by atoms with Crippen LogP contribution in [0.3, 0.4) is 0 Å². The van der Waals surface area contributed by atoms with E-state index in [0.717, 1.165) is 11.7 Å². The van der Waals surface area contributed by atoms with E-state index >= 15 is 0 Å². The van der Waals surface area contributed by atoms with Crippen molar-refractivity contribution in [3.8, 4) is 0 Å². The Kier molecular flexibility index (Phi) is 4.17. The van der Waals surface area contributed by atoms with E-state index in [1.54, 1.807) is 0 Å². The number of nitrogens with one attached hydrogen (secondary N) is 1. The third-order valence-corrected chi connectivity index (χ3v) is 3.98. The number of hydrogen-bond donors (Lipinski definition) is 2.